The largest absolute Gasteiger partial charge is 0.489 e. The van der Waals surface area contributed by atoms with E-state index in [-0.39, 0.29) is 17.2 Å². The second kappa shape index (κ2) is 7.26. The highest BCUT2D eigenvalue weighted by Gasteiger charge is 2.03. The van der Waals surface area contributed by atoms with E-state index in [1.165, 1.54) is 18.2 Å². The molecule has 2 aromatic carbocycles. The molecule has 0 amide bonds. The zero-order chi connectivity index (χ0) is 15.9. The minimum absolute atomic E-state index is 0.0110. The standard InChI is InChI=1S/C17H10ClFN2O/c18-16-5-4-13(8-17(16)19)11-22-15-3-1-2-12(7-15)6-14(9-20)10-21/h1-8H,11H2. The summed E-state index contributed by atoms with van der Waals surface area (Å²) >= 11 is 5.62. The number of allylic oxidation sites excluding steroid dienone is 1. The quantitative estimate of drug-likeness (QED) is 0.782. The third-order valence-corrected chi connectivity index (χ3v) is 3.11. The number of nitriles is 2. The van der Waals surface area contributed by atoms with Gasteiger partial charge in [-0.15, -0.1) is 0 Å². The van der Waals surface area contributed by atoms with Crippen molar-refractivity contribution in [1.82, 2.24) is 0 Å². The average Bonchev–Trinajstić information content (AvgIpc) is 2.54. The summed E-state index contributed by atoms with van der Waals surface area (Å²) in [4.78, 5) is 0. The Morgan fingerprint density at radius 1 is 1.18 bits per heavy atom. The predicted molar refractivity (Wildman–Crippen MR) is 81.4 cm³/mol. The Kier molecular flexibility index (Phi) is 5.14. The van der Waals surface area contributed by atoms with Gasteiger partial charge in [-0.25, -0.2) is 4.39 Å². The molecule has 108 valence electrons. The van der Waals surface area contributed by atoms with Crippen molar-refractivity contribution in [3.63, 3.8) is 0 Å². The van der Waals surface area contributed by atoms with Crippen LogP contribution in [0.2, 0.25) is 5.02 Å². The van der Waals surface area contributed by atoms with Crippen molar-refractivity contribution < 1.29 is 9.13 Å². The van der Waals surface area contributed by atoms with Crippen molar-refractivity contribution >= 4 is 17.7 Å². The minimum Gasteiger partial charge on any atom is -0.489 e. The van der Waals surface area contributed by atoms with Crippen LogP contribution in [0, 0.1) is 28.5 Å². The zero-order valence-corrected chi connectivity index (χ0v) is 12.1. The summed E-state index contributed by atoms with van der Waals surface area (Å²) in [5, 5.41) is 17.5. The van der Waals surface area contributed by atoms with E-state index in [0.717, 1.165) is 0 Å². The maximum absolute atomic E-state index is 13.3. The molecule has 3 nitrogen and oxygen atoms in total. The summed E-state index contributed by atoms with van der Waals surface area (Å²) in [6.45, 7) is 0.185. The molecule has 2 aromatic rings. The van der Waals surface area contributed by atoms with Crippen LogP contribution in [0.1, 0.15) is 11.1 Å². The lowest BCUT2D eigenvalue weighted by molar-refractivity contribution is 0.305. The van der Waals surface area contributed by atoms with Gasteiger partial charge in [0.1, 0.15) is 35.9 Å². The summed E-state index contributed by atoms with van der Waals surface area (Å²) < 4.78 is 18.9. The number of nitrogens with zero attached hydrogens (tertiary/aromatic N) is 2. The van der Waals surface area contributed by atoms with Gasteiger partial charge in [-0.05, 0) is 41.5 Å². The maximum Gasteiger partial charge on any atom is 0.142 e. The molecule has 0 spiro atoms. The number of hydrogen-bond donors (Lipinski definition) is 0. The molecule has 0 radical (unpaired) electrons. The van der Waals surface area contributed by atoms with E-state index in [2.05, 4.69) is 0 Å². The third-order valence-electron chi connectivity index (χ3n) is 2.80. The Labute approximate surface area is 132 Å². The Bertz CT molecular complexity index is 787. The zero-order valence-electron chi connectivity index (χ0n) is 11.4. The average molecular weight is 313 g/mol. The molecule has 0 aliphatic rings. The van der Waals surface area contributed by atoms with Gasteiger partial charge in [-0.1, -0.05) is 29.8 Å². The van der Waals surface area contributed by atoms with Crippen LogP contribution in [-0.4, -0.2) is 0 Å². The van der Waals surface area contributed by atoms with E-state index in [9.17, 15) is 4.39 Å². The number of rotatable bonds is 4. The Morgan fingerprint density at radius 2 is 1.95 bits per heavy atom. The number of benzene rings is 2. The van der Waals surface area contributed by atoms with Crippen molar-refractivity contribution in [3.8, 4) is 17.9 Å². The first kappa shape index (κ1) is 15.6. The van der Waals surface area contributed by atoms with E-state index < -0.39 is 5.82 Å². The van der Waals surface area contributed by atoms with Crippen LogP contribution >= 0.6 is 11.6 Å². The first-order valence-corrected chi connectivity index (χ1v) is 6.69. The summed E-state index contributed by atoms with van der Waals surface area (Å²) in [6.07, 6.45) is 1.47. The second-order valence-electron chi connectivity index (χ2n) is 4.39. The first-order valence-electron chi connectivity index (χ1n) is 6.31. The van der Waals surface area contributed by atoms with Gasteiger partial charge in [0, 0.05) is 0 Å². The van der Waals surface area contributed by atoms with E-state index in [1.54, 1.807) is 42.5 Å². The van der Waals surface area contributed by atoms with Gasteiger partial charge in [-0.2, -0.15) is 10.5 Å². The van der Waals surface area contributed by atoms with Crippen LogP contribution in [0.4, 0.5) is 4.39 Å². The highest BCUT2D eigenvalue weighted by molar-refractivity contribution is 6.30. The molecule has 0 N–H and O–H groups in total. The maximum atomic E-state index is 13.3. The molecule has 0 fully saturated rings. The van der Waals surface area contributed by atoms with Crippen LogP contribution < -0.4 is 4.74 Å². The van der Waals surface area contributed by atoms with Crippen LogP contribution in [0.5, 0.6) is 5.75 Å². The second-order valence-corrected chi connectivity index (χ2v) is 4.80. The number of halogens is 2. The molecule has 0 aliphatic carbocycles. The Hall–Kier alpha value is -2.82. The summed E-state index contributed by atoms with van der Waals surface area (Å²) in [6, 6.07) is 15.0. The van der Waals surface area contributed by atoms with Crippen molar-refractivity contribution in [3.05, 3.63) is 70.0 Å². The van der Waals surface area contributed by atoms with Crippen molar-refractivity contribution in [1.29, 1.82) is 10.5 Å². The lowest BCUT2D eigenvalue weighted by Crippen LogP contribution is -1.96. The van der Waals surface area contributed by atoms with Crippen molar-refractivity contribution in [2.24, 2.45) is 0 Å². The molecule has 5 heteroatoms. The summed E-state index contributed by atoms with van der Waals surface area (Å²) in [5.41, 5.74) is 1.34. The van der Waals surface area contributed by atoms with Crippen LogP contribution in [0.3, 0.4) is 0 Å². The minimum atomic E-state index is -0.493. The smallest absolute Gasteiger partial charge is 0.142 e. The predicted octanol–water partition coefficient (Wildman–Crippen LogP) is 4.49. The van der Waals surface area contributed by atoms with Crippen LogP contribution in [-0.2, 0) is 6.61 Å². The normalized spacial score (nSPS) is 9.45. The Morgan fingerprint density at radius 3 is 2.64 bits per heavy atom. The van der Waals surface area contributed by atoms with Gasteiger partial charge in [0.15, 0.2) is 0 Å². The summed E-state index contributed by atoms with van der Waals surface area (Å²) in [7, 11) is 0. The number of ether oxygens (including phenoxy) is 1. The van der Waals surface area contributed by atoms with Gasteiger partial charge in [0.2, 0.25) is 0 Å². The van der Waals surface area contributed by atoms with Gasteiger partial charge in [0.05, 0.1) is 5.02 Å². The SMILES string of the molecule is N#CC(C#N)=Cc1cccc(OCc2ccc(Cl)c(F)c2)c1. The molecule has 22 heavy (non-hydrogen) atoms. The highest BCUT2D eigenvalue weighted by atomic mass is 35.5. The van der Waals surface area contributed by atoms with Gasteiger partial charge in [0.25, 0.3) is 0 Å². The first-order chi connectivity index (χ1) is 10.6. The van der Waals surface area contributed by atoms with E-state index in [0.29, 0.717) is 16.9 Å². The van der Waals surface area contributed by atoms with Crippen molar-refractivity contribution in [2.45, 2.75) is 6.61 Å². The molecule has 0 atom stereocenters. The molecule has 2 rings (SSSR count). The summed E-state index contributed by atoms with van der Waals surface area (Å²) in [5.74, 6) is 0.0615. The van der Waals surface area contributed by atoms with Gasteiger partial charge in [-0.3, -0.25) is 0 Å². The molecule has 0 saturated carbocycles. The fourth-order valence-corrected chi connectivity index (χ4v) is 1.86. The van der Waals surface area contributed by atoms with E-state index >= 15 is 0 Å². The monoisotopic (exact) mass is 312 g/mol. The third kappa shape index (κ3) is 4.09. The lowest BCUT2D eigenvalue weighted by Gasteiger charge is -2.07. The topological polar surface area (TPSA) is 56.8 Å². The molecule has 0 bridgehead atoms. The van der Waals surface area contributed by atoms with E-state index in [4.69, 9.17) is 26.9 Å². The lowest BCUT2D eigenvalue weighted by atomic mass is 10.1. The Balaban J connectivity index is 2.11. The molecule has 0 unspecified atom stereocenters. The molecule has 0 heterocycles. The fraction of sp³-hybridized carbons (Fsp3) is 0.0588. The molecule has 0 aliphatic heterocycles. The van der Waals surface area contributed by atoms with Gasteiger partial charge < -0.3 is 4.74 Å². The van der Waals surface area contributed by atoms with Crippen LogP contribution in [0.15, 0.2) is 48.0 Å². The molecule has 0 saturated heterocycles. The van der Waals surface area contributed by atoms with Gasteiger partial charge >= 0.3 is 0 Å². The van der Waals surface area contributed by atoms with E-state index in [1.807, 2.05) is 0 Å². The fourth-order valence-electron chi connectivity index (χ4n) is 1.75. The highest BCUT2D eigenvalue weighted by Crippen LogP contribution is 2.19. The molecular weight excluding hydrogens is 303 g/mol. The molecular formula is C17H10ClFN2O. The van der Waals surface area contributed by atoms with Crippen LogP contribution in [0.25, 0.3) is 6.08 Å². The number of hydrogen-bond acceptors (Lipinski definition) is 3. The molecule has 0 aromatic heterocycles. The van der Waals surface area contributed by atoms with Crippen molar-refractivity contribution in [2.75, 3.05) is 0 Å².